The van der Waals surface area contributed by atoms with Crippen molar-refractivity contribution in [3.63, 3.8) is 0 Å². The van der Waals surface area contributed by atoms with Gasteiger partial charge in [0.25, 0.3) is 0 Å². The maximum absolute atomic E-state index is 11.9. The van der Waals surface area contributed by atoms with Crippen LogP contribution in [0.1, 0.15) is 52.9 Å². The van der Waals surface area contributed by atoms with Gasteiger partial charge in [0, 0.05) is 28.7 Å². The number of nitrogens with zero attached hydrogens (tertiary/aromatic N) is 2. The fraction of sp³-hybridized carbons (Fsp3) is 0.643. The molecule has 3 rings (SSSR count). The molecule has 5 atom stereocenters. The van der Waals surface area contributed by atoms with Gasteiger partial charge in [-0.2, -0.15) is 11.8 Å². The van der Waals surface area contributed by atoms with Gasteiger partial charge < -0.3 is 46.9 Å². The largest absolute Gasteiger partial charge is 1.00 e. The number of carbonyl (C=O) groups excluding carboxylic acids is 3. The second-order valence-corrected chi connectivity index (χ2v) is 13.7. The molecule has 0 unspecified atom stereocenters. The van der Waals surface area contributed by atoms with Crippen LogP contribution in [-0.2, 0) is 24.0 Å². The zero-order valence-corrected chi connectivity index (χ0v) is 29.7. The van der Waals surface area contributed by atoms with Gasteiger partial charge in [0.15, 0.2) is 0 Å². The Hall–Kier alpha value is -2.08. The summed E-state index contributed by atoms with van der Waals surface area (Å²) in [7, 11) is 0. The number of aliphatic hydroxyl groups is 1. The molecule has 8 N–H and O–H groups in total. The van der Waals surface area contributed by atoms with E-state index in [0.29, 0.717) is 35.8 Å². The molecular weight excluding hydrogens is 637 g/mol. The van der Waals surface area contributed by atoms with Crippen molar-refractivity contribution in [2.24, 2.45) is 33.7 Å². The molecule has 0 radical (unpaired) electrons. The van der Waals surface area contributed by atoms with Crippen LogP contribution in [-0.4, -0.2) is 98.3 Å². The van der Waals surface area contributed by atoms with Gasteiger partial charge in [0.1, 0.15) is 11.7 Å². The topological polar surface area (TPSA) is 249 Å². The first-order valence-corrected chi connectivity index (χ1v) is 16.4. The minimum atomic E-state index is -1.39. The van der Waals surface area contributed by atoms with Crippen LogP contribution in [0.3, 0.4) is 0 Å². The van der Waals surface area contributed by atoms with Gasteiger partial charge in [-0.1, -0.05) is 19.9 Å². The number of hydrogen-bond donors (Lipinski definition) is 6. The zero-order valence-electron chi connectivity index (χ0n) is 26.1. The monoisotopic (exact) mass is 679 g/mol. The van der Waals surface area contributed by atoms with E-state index in [9.17, 15) is 39.3 Å². The number of carboxylic acids is 3. The number of aliphatic hydroxyl groups excluding tert-OH is 1. The summed E-state index contributed by atoms with van der Waals surface area (Å²) in [5, 5.41) is 41.0. The minimum absolute atomic E-state index is 0. The van der Waals surface area contributed by atoms with Crippen LogP contribution in [0.25, 0.3) is 0 Å². The molecule has 1 saturated carbocycles. The molecule has 1 saturated heterocycles. The van der Waals surface area contributed by atoms with Crippen LogP contribution >= 0.6 is 23.5 Å². The third kappa shape index (κ3) is 11.9. The normalized spacial score (nSPS) is 22.8. The maximum atomic E-state index is 11.9. The number of carboxylic acid groups (broad SMARTS) is 3. The van der Waals surface area contributed by atoms with Gasteiger partial charge in [-0.05, 0) is 43.8 Å². The van der Waals surface area contributed by atoms with Gasteiger partial charge in [-0.15, -0.1) is 11.8 Å². The second kappa shape index (κ2) is 18.9. The third-order valence-electron chi connectivity index (χ3n) is 7.51. The van der Waals surface area contributed by atoms with Gasteiger partial charge >= 0.3 is 41.5 Å². The molecule has 0 bridgehead atoms. The number of aliphatic imine (C=N–C) groups is 1. The number of aliphatic carboxylic acids is 3. The Balaban J connectivity index is 0.000000446. The molecule has 2 fully saturated rings. The summed E-state index contributed by atoms with van der Waals surface area (Å²) in [5.74, 6) is -3.02. The Morgan fingerprint density at radius 1 is 1.22 bits per heavy atom. The molecule has 17 heteroatoms. The van der Waals surface area contributed by atoms with Crippen molar-refractivity contribution in [3.05, 3.63) is 22.4 Å². The third-order valence-corrected chi connectivity index (χ3v) is 9.77. The van der Waals surface area contributed by atoms with E-state index in [1.165, 1.54) is 40.8 Å². The molecule has 2 heterocycles. The summed E-state index contributed by atoms with van der Waals surface area (Å²) < 4.78 is 0. The number of unbranched alkanes of at least 4 members (excludes halogenated alkanes) is 2. The molecule has 2 aliphatic heterocycles. The van der Waals surface area contributed by atoms with Crippen molar-refractivity contribution in [2.45, 2.75) is 71.1 Å². The molecule has 246 valence electrons. The van der Waals surface area contributed by atoms with Gasteiger partial charge in [0.05, 0.1) is 42.6 Å². The summed E-state index contributed by atoms with van der Waals surface area (Å²) in [4.78, 5) is 62.6. The van der Waals surface area contributed by atoms with Crippen LogP contribution < -0.4 is 51.4 Å². The van der Waals surface area contributed by atoms with Crippen LogP contribution in [0.5, 0.6) is 0 Å². The Bertz CT molecular complexity index is 1190. The van der Waals surface area contributed by atoms with Crippen molar-refractivity contribution < 1.29 is 74.0 Å². The number of nitrogens with one attached hydrogen (secondary N) is 1. The SMILES string of the molecule is CC1(C)C[C@@H]1C(=O)N/C(=C\CCCCSC[C@@H](N)C(=O)O)C(=O)[O-].C[C@@H](O)[C@H]1C(=O)N2C(C(=O)O)=C(SCCN=CN)C[C@H]12.[Na+]. The first-order valence-electron chi connectivity index (χ1n) is 14.2. The van der Waals surface area contributed by atoms with Gasteiger partial charge in [-0.25, -0.2) is 4.79 Å². The van der Waals surface area contributed by atoms with E-state index in [1.807, 2.05) is 13.8 Å². The number of amides is 2. The molecule has 2 amide bonds. The minimum Gasteiger partial charge on any atom is -0.543 e. The predicted molar refractivity (Wildman–Crippen MR) is 165 cm³/mol. The van der Waals surface area contributed by atoms with Crippen molar-refractivity contribution in [3.8, 4) is 0 Å². The smallest absolute Gasteiger partial charge is 0.543 e. The van der Waals surface area contributed by atoms with E-state index >= 15 is 0 Å². The fourth-order valence-corrected chi connectivity index (χ4v) is 6.88. The van der Waals surface area contributed by atoms with E-state index < -0.39 is 36.0 Å². The van der Waals surface area contributed by atoms with E-state index in [1.54, 1.807) is 6.92 Å². The van der Waals surface area contributed by atoms with Crippen molar-refractivity contribution in [2.75, 3.05) is 23.8 Å². The number of nitrogens with two attached hydrogens (primary N) is 2. The second-order valence-electron chi connectivity index (χ2n) is 11.4. The quantitative estimate of drug-likeness (QED) is 0.0221. The summed E-state index contributed by atoms with van der Waals surface area (Å²) in [6.45, 7) is 5.98. The summed E-state index contributed by atoms with van der Waals surface area (Å²) in [5.41, 5.74) is 10.3. The average molecular weight is 680 g/mol. The fourth-order valence-electron chi connectivity index (χ4n) is 4.85. The molecule has 0 aromatic heterocycles. The Kier molecular flexibility index (Phi) is 17.2. The van der Waals surface area contributed by atoms with Crippen LogP contribution in [0.15, 0.2) is 27.4 Å². The predicted octanol–water partition coefficient (Wildman–Crippen LogP) is -3.28. The number of thioether (sulfide) groups is 2. The van der Waals surface area contributed by atoms with Gasteiger partial charge in [-0.3, -0.25) is 19.4 Å². The number of carbonyl (C=O) groups is 5. The standard InChI is InChI=1S/C16H26N2O5S.C12H17N3O4S.Na/c1-16(2)8-10(16)13(19)18-12(15(22)23)6-4-3-5-7-24-9-11(17)14(20)21;1-6(16)9-7-4-8(20-3-2-14-5-13)10(12(18)19)15(7)11(9)17;/h6,10-11H,3-5,7-9,17H2,1-2H3,(H,18,19)(H,20,21)(H,22,23);5-7,9,16H,2-4H2,1H3,(H2,13,14)(H,18,19);/q;;+1/p-1/b12-6-;;/t10-,11-;6-,7-,9-;/m11./s1. The molecule has 0 spiro atoms. The summed E-state index contributed by atoms with van der Waals surface area (Å²) >= 11 is 2.83. The van der Waals surface area contributed by atoms with E-state index in [2.05, 4.69) is 10.3 Å². The zero-order chi connectivity index (χ0) is 33.2. The van der Waals surface area contributed by atoms with Crippen molar-refractivity contribution in [1.29, 1.82) is 0 Å². The van der Waals surface area contributed by atoms with Crippen LogP contribution in [0.2, 0.25) is 0 Å². The van der Waals surface area contributed by atoms with Crippen LogP contribution in [0.4, 0.5) is 0 Å². The first-order chi connectivity index (χ1) is 20.6. The number of rotatable bonds is 17. The molecule has 3 aliphatic rings. The Labute approximate surface area is 293 Å². The first kappa shape index (κ1) is 40.9. The number of fused-ring (bicyclic) bond motifs is 1. The van der Waals surface area contributed by atoms with E-state index in [0.717, 1.165) is 25.0 Å². The molecule has 45 heavy (non-hydrogen) atoms. The molecule has 1 aliphatic carbocycles. The van der Waals surface area contributed by atoms with Crippen LogP contribution in [0, 0.1) is 17.3 Å². The average Bonchev–Trinajstić information content (AvgIpc) is 3.46. The van der Waals surface area contributed by atoms with Crippen molar-refractivity contribution in [1.82, 2.24) is 10.2 Å². The summed E-state index contributed by atoms with van der Waals surface area (Å²) in [6.07, 6.45) is 5.20. The number of allylic oxidation sites excluding steroid dienone is 1. The summed E-state index contributed by atoms with van der Waals surface area (Å²) in [6, 6.07) is -1.09. The maximum Gasteiger partial charge on any atom is 1.00 e. The van der Waals surface area contributed by atoms with Crippen molar-refractivity contribution >= 4 is 59.6 Å². The Morgan fingerprint density at radius 3 is 2.38 bits per heavy atom. The van der Waals surface area contributed by atoms with E-state index in [-0.39, 0.29) is 70.1 Å². The molecule has 0 aromatic rings. The Morgan fingerprint density at radius 2 is 1.87 bits per heavy atom. The van der Waals surface area contributed by atoms with Gasteiger partial charge in [0.2, 0.25) is 11.8 Å². The van der Waals surface area contributed by atoms with E-state index in [4.69, 9.17) is 16.6 Å². The molecule has 0 aromatic carbocycles. The molecule has 14 nitrogen and oxygen atoms in total. The number of hydrogen-bond acceptors (Lipinski definition) is 11. The molecular formula is C28H42N5NaO9S2. The number of β-lactam (4-membered cyclic amide) rings is 1.